The summed E-state index contributed by atoms with van der Waals surface area (Å²) in [5.41, 5.74) is -0.623. The molecular weight excluding hydrogens is 350 g/mol. The first kappa shape index (κ1) is 19.4. The zero-order chi connectivity index (χ0) is 19.4. The third kappa shape index (κ3) is 4.60. The van der Waals surface area contributed by atoms with Crippen LogP contribution < -0.4 is 5.56 Å². The van der Waals surface area contributed by atoms with E-state index in [2.05, 4.69) is 0 Å². The van der Waals surface area contributed by atoms with Gasteiger partial charge in [0.25, 0.3) is 5.56 Å². The molecule has 2 heterocycles. The van der Waals surface area contributed by atoms with E-state index < -0.39 is 48.0 Å². The molecule has 10 heteroatoms. The van der Waals surface area contributed by atoms with Gasteiger partial charge >= 0.3 is 17.9 Å². The van der Waals surface area contributed by atoms with Crippen molar-refractivity contribution in [2.75, 3.05) is 6.61 Å². The lowest BCUT2D eigenvalue weighted by Crippen LogP contribution is -2.41. The average molecular weight is 369 g/mol. The average Bonchev–Trinajstić information content (AvgIpc) is 2.82. The van der Waals surface area contributed by atoms with Gasteiger partial charge in [-0.25, -0.2) is 0 Å². The molecule has 1 aromatic rings. The molecule has 0 aliphatic carbocycles. The monoisotopic (exact) mass is 369 g/mol. The second-order valence-electron chi connectivity index (χ2n) is 5.65. The molecule has 0 saturated carbocycles. The van der Waals surface area contributed by atoms with Crippen LogP contribution in [0.1, 0.15) is 27.0 Å². The lowest BCUT2D eigenvalue weighted by Gasteiger charge is -2.24. The number of carbonyl (C=O) groups excluding carboxylic acids is 3. The predicted molar refractivity (Wildman–Crippen MR) is 84.0 cm³/mol. The Kier molecular flexibility index (Phi) is 5.98. The Labute approximate surface area is 148 Å². The van der Waals surface area contributed by atoms with Gasteiger partial charge in [-0.1, -0.05) is 0 Å². The second-order valence-corrected chi connectivity index (χ2v) is 5.65. The maximum atomic E-state index is 12.1. The van der Waals surface area contributed by atoms with Crippen LogP contribution in [0, 0.1) is 0 Å². The summed E-state index contributed by atoms with van der Waals surface area (Å²) in [7, 11) is 0. The summed E-state index contributed by atoms with van der Waals surface area (Å²) in [5.74, 6) is -2.17. The summed E-state index contributed by atoms with van der Waals surface area (Å²) in [5, 5.41) is 9.39. The van der Waals surface area contributed by atoms with Gasteiger partial charge in [-0.05, 0) is 6.07 Å². The topological polar surface area (TPSA) is 130 Å². The lowest BCUT2D eigenvalue weighted by molar-refractivity contribution is -0.166. The Hall–Kier alpha value is -2.88. The number of hydrogen-bond donors (Lipinski definition) is 1. The molecule has 0 spiro atoms. The molecule has 0 unspecified atom stereocenters. The zero-order valence-electron chi connectivity index (χ0n) is 14.4. The van der Waals surface area contributed by atoms with Crippen LogP contribution >= 0.6 is 0 Å². The molecule has 1 saturated heterocycles. The smallest absolute Gasteiger partial charge is 0.303 e. The Balaban J connectivity index is 2.40. The van der Waals surface area contributed by atoms with Gasteiger partial charge in [0.15, 0.2) is 18.4 Å². The standard InChI is InChI=1S/C16H19NO9/c1-8(18)23-7-12-14(24-9(2)19)15(25-10(3)20)16(26-12)17-5-4-11(21)6-13(17)22/h4-6,12,14-16,21H,7H2,1-3H3/t12-,14+,15-,16+/m0/s1. The van der Waals surface area contributed by atoms with E-state index in [0.29, 0.717) is 0 Å². The summed E-state index contributed by atoms with van der Waals surface area (Å²) < 4.78 is 22.1. The summed E-state index contributed by atoms with van der Waals surface area (Å²) in [6.07, 6.45) is -3.10. The Morgan fingerprint density at radius 2 is 1.73 bits per heavy atom. The number of nitrogens with zero attached hydrogens (tertiary/aromatic N) is 1. The molecule has 4 atom stereocenters. The minimum atomic E-state index is -1.15. The zero-order valence-corrected chi connectivity index (χ0v) is 14.4. The third-order valence-corrected chi connectivity index (χ3v) is 3.55. The Morgan fingerprint density at radius 3 is 2.27 bits per heavy atom. The van der Waals surface area contributed by atoms with Crippen molar-refractivity contribution < 1.29 is 38.4 Å². The molecule has 0 aromatic carbocycles. The summed E-state index contributed by atoms with van der Waals surface area (Å²) >= 11 is 0. The van der Waals surface area contributed by atoms with Gasteiger partial charge in [-0.2, -0.15) is 0 Å². The van der Waals surface area contributed by atoms with E-state index in [9.17, 15) is 24.3 Å². The van der Waals surface area contributed by atoms with Crippen molar-refractivity contribution >= 4 is 17.9 Å². The van der Waals surface area contributed by atoms with Crippen LogP contribution in [0.15, 0.2) is 23.1 Å². The van der Waals surface area contributed by atoms with Gasteiger partial charge in [0.1, 0.15) is 18.5 Å². The molecule has 0 bridgehead atoms. The van der Waals surface area contributed by atoms with Gasteiger partial charge in [-0.15, -0.1) is 0 Å². The van der Waals surface area contributed by atoms with E-state index in [1.54, 1.807) is 0 Å². The van der Waals surface area contributed by atoms with Gasteiger partial charge in [-0.3, -0.25) is 23.7 Å². The first-order valence-electron chi connectivity index (χ1n) is 7.73. The minimum absolute atomic E-state index is 0.249. The van der Waals surface area contributed by atoms with Crippen LogP contribution in [-0.2, 0) is 33.3 Å². The number of ether oxygens (including phenoxy) is 4. The van der Waals surface area contributed by atoms with E-state index >= 15 is 0 Å². The second kappa shape index (κ2) is 8.00. The molecule has 1 aliphatic heterocycles. The number of aromatic nitrogens is 1. The van der Waals surface area contributed by atoms with Crippen molar-refractivity contribution in [3.8, 4) is 5.75 Å². The number of aromatic hydroxyl groups is 1. The largest absolute Gasteiger partial charge is 0.508 e. The van der Waals surface area contributed by atoms with Crippen molar-refractivity contribution in [2.45, 2.75) is 45.3 Å². The molecule has 0 amide bonds. The van der Waals surface area contributed by atoms with E-state index in [0.717, 1.165) is 24.5 Å². The van der Waals surface area contributed by atoms with Crippen LogP contribution in [0.2, 0.25) is 0 Å². The summed E-state index contributed by atoms with van der Waals surface area (Å²) in [6, 6.07) is 2.20. The molecular formula is C16H19NO9. The highest BCUT2D eigenvalue weighted by Crippen LogP contribution is 2.33. The fourth-order valence-electron chi connectivity index (χ4n) is 2.61. The number of rotatable bonds is 5. The predicted octanol–water partition coefficient (Wildman–Crippen LogP) is -0.122. The highest BCUT2D eigenvalue weighted by molar-refractivity contribution is 5.68. The van der Waals surface area contributed by atoms with Crippen molar-refractivity contribution in [3.63, 3.8) is 0 Å². The minimum Gasteiger partial charge on any atom is -0.508 e. The molecule has 1 fully saturated rings. The Morgan fingerprint density at radius 1 is 1.12 bits per heavy atom. The summed E-state index contributed by atoms with van der Waals surface area (Å²) in [6.45, 7) is 3.24. The summed E-state index contributed by atoms with van der Waals surface area (Å²) in [4.78, 5) is 46.2. The van der Waals surface area contributed by atoms with Crippen LogP contribution in [0.5, 0.6) is 5.75 Å². The van der Waals surface area contributed by atoms with Gasteiger partial charge in [0, 0.05) is 33.0 Å². The fraction of sp³-hybridized carbons (Fsp3) is 0.500. The highest BCUT2D eigenvalue weighted by atomic mass is 16.7. The molecule has 2 rings (SSSR count). The molecule has 1 aromatic heterocycles. The van der Waals surface area contributed by atoms with Crippen molar-refractivity contribution in [3.05, 3.63) is 28.7 Å². The van der Waals surface area contributed by atoms with Gasteiger partial charge < -0.3 is 24.1 Å². The molecule has 1 N–H and O–H groups in total. The molecule has 0 radical (unpaired) electrons. The van der Waals surface area contributed by atoms with Crippen LogP contribution in [0.25, 0.3) is 0 Å². The van der Waals surface area contributed by atoms with E-state index in [1.807, 2.05) is 0 Å². The molecule has 26 heavy (non-hydrogen) atoms. The van der Waals surface area contributed by atoms with Crippen LogP contribution in [0.3, 0.4) is 0 Å². The van der Waals surface area contributed by atoms with Crippen molar-refractivity contribution in [1.82, 2.24) is 4.57 Å². The molecule has 142 valence electrons. The quantitative estimate of drug-likeness (QED) is 0.557. The maximum absolute atomic E-state index is 12.1. The van der Waals surface area contributed by atoms with Gasteiger partial charge in [0.2, 0.25) is 0 Å². The fourth-order valence-corrected chi connectivity index (χ4v) is 2.61. The third-order valence-electron chi connectivity index (χ3n) is 3.55. The van der Waals surface area contributed by atoms with Crippen LogP contribution in [-0.4, -0.2) is 52.5 Å². The maximum Gasteiger partial charge on any atom is 0.303 e. The van der Waals surface area contributed by atoms with Crippen molar-refractivity contribution in [2.24, 2.45) is 0 Å². The number of hydrogen-bond acceptors (Lipinski definition) is 9. The van der Waals surface area contributed by atoms with Crippen LogP contribution in [0.4, 0.5) is 0 Å². The van der Waals surface area contributed by atoms with E-state index in [-0.39, 0.29) is 12.4 Å². The Bertz CT molecular complexity index is 756. The van der Waals surface area contributed by atoms with E-state index in [1.165, 1.54) is 19.2 Å². The number of pyridine rings is 1. The highest BCUT2D eigenvalue weighted by Gasteiger charge is 2.50. The van der Waals surface area contributed by atoms with E-state index in [4.69, 9.17) is 18.9 Å². The molecule has 1 aliphatic rings. The SMILES string of the molecule is CC(=O)OC[C@@H]1O[C@@H](n2ccc(O)cc2=O)[C@@H](OC(C)=O)[C@@H]1OC(C)=O. The molecule has 10 nitrogen and oxygen atoms in total. The normalized spacial score (nSPS) is 24.7. The first-order valence-corrected chi connectivity index (χ1v) is 7.73. The number of carbonyl (C=O) groups is 3. The van der Waals surface area contributed by atoms with Crippen molar-refractivity contribution in [1.29, 1.82) is 0 Å². The van der Waals surface area contributed by atoms with Gasteiger partial charge in [0.05, 0.1) is 0 Å². The first-order chi connectivity index (χ1) is 12.2. The lowest BCUT2D eigenvalue weighted by atomic mass is 10.1. The number of esters is 3.